The first kappa shape index (κ1) is 25.5. The Morgan fingerprint density at radius 3 is 1.42 bits per heavy atom. The third kappa shape index (κ3) is 6.08. The van der Waals surface area contributed by atoms with Gasteiger partial charge in [-0.1, -0.05) is 27.7 Å². The number of rotatable bonds is 14. The van der Waals surface area contributed by atoms with E-state index in [0.717, 1.165) is 63.2 Å². The molecule has 6 nitrogen and oxygen atoms in total. The summed E-state index contributed by atoms with van der Waals surface area (Å²) in [5.41, 5.74) is 1.46. The monoisotopic (exact) mass is 474 g/mol. The van der Waals surface area contributed by atoms with Crippen molar-refractivity contribution in [2.24, 2.45) is 0 Å². The smallest absolute Gasteiger partial charge is 0.208 e. The quantitative estimate of drug-likeness (QED) is 0.315. The molecule has 3 rings (SSSR count). The highest BCUT2D eigenvalue weighted by Crippen LogP contribution is 2.45. The van der Waals surface area contributed by atoms with Gasteiger partial charge in [-0.3, -0.25) is 0 Å². The van der Waals surface area contributed by atoms with Crippen molar-refractivity contribution >= 4 is 9.84 Å². The topological polar surface area (TPSA) is 59.1 Å². The van der Waals surface area contributed by atoms with Crippen molar-refractivity contribution in [1.29, 1.82) is 0 Å². The summed E-state index contributed by atoms with van der Waals surface area (Å²) in [5, 5.41) is 0. The maximum absolute atomic E-state index is 13.2. The Morgan fingerprint density at radius 2 is 1.06 bits per heavy atom. The van der Waals surface area contributed by atoms with Crippen molar-refractivity contribution in [1.82, 2.24) is 9.80 Å². The van der Waals surface area contributed by atoms with E-state index < -0.39 is 9.84 Å². The lowest BCUT2D eigenvalue weighted by molar-refractivity contribution is 0.249. The van der Waals surface area contributed by atoms with E-state index in [2.05, 4.69) is 37.5 Å². The van der Waals surface area contributed by atoms with E-state index in [4.69, 9.17) is 9.47 Å². The number of benzene rings is 2. The summed E-state index contributed by atoms with van der Waals surface area (Å²) in [5.74, 6) is 1.19. The molecule has 1 aliphatic rings. The standard InChI is InChI=1S/C26H38N2O4S/c1-5-27(6-2)15-9-17-31-21-11-13-23-24-14-12-22(32-18-10-16-28(7-3)8-4)20-26(24)33(29,30)25(23)19-21/h11-14,19-20H,5-10,15-18H2,1-4H3. The molecule has 7 heteroatoms. The second-order valence-corrected chi connectivity index (χ2v) is 10.2. The van der Waals surface area contributed by atoms with Crippen molar-refractivity contribution < 1.29 is 17.9 Å². The number of fused-ring (bicyclic) bond motifs is 3. The Bertz CT molecular complexity index is 939. The summed E-state index contributed by atoms with van der Waals surface area (Å²) in [6.07, 6.45) is 1.81. The molecule has 0 unspecified atom stereocenters. The Hall–Kier alpha value is -2.09. The maximum atomic E-state index is 13.2. The van der Waals surface area contributed by atoms with E-state index in [0.29, 0.717) is 34.5 Å². The molecule has 0 bridgehead atoms. The predicted octanol–water partition coefficient (Wildman–Crippen LogP) is 4.72. The van der Waals surface area contributed by atoms with Crippen molar-refractivity contribution in [3.8, 4) is 22.6 Å². The lowest BCUT2D eigenvalue weighted by Gasteiger charge is -2.17. The van der Waals surface area contributed by atoms with Crippen LogP contribution in [-0.4, -0.2) is 70.7 Å². The van der Waals surface area contributed by atoms with Crippen LogP contribution < -0.4 is 9.47 Å². The molecule has 0 aromatic heterocycles. The molecule has 0 radical (unpaired) electrons. The van der Waals surface area contributed by atoms with Gasteiger partial charge in [0.15, 0.2) is 0 Å². The largest absolute Gasteiger partial charge is 0.494 e. The van der Waals surface area contributed by atoms with Gasteiger partial charge < -0.3 is 19.3 Å². The minimum absolute atomic E-state index is 0.317. The van der Waals surface area contributed by atoms with Crippen LogP contribution in [0.2, 0.25) is 0 Å². The molecule has 2 aromatic carbocycles. The van der Waals surface area contributed by atoms with Crippen molar-refractivity contribution in [2.75, 3.05) is 52.5 Å². The second kappa shape index (κ2) is 11.9. The van der Waals surface area contributed by atoms with E-state index >= 15 is 0 Å². The summed E-state index contributed by atoms with van der Waals surface area (Å²) < 4.78 is 38.2. The molecular weight excluding hydrogens is 436 g/mol. The van der Waals surface area contributed by atoms with Gasteiger partial charge in [0, 0.05) is 24.2 Å². The zero-order chi connectivity index (χ0) is 23.8. The zero-order valence-electron chi connectivity index (χ0n) is 20.5. The van der Waals surface area contributed by atoms with Crippen LogP contribution in [-0.2, 0) is 9.84 Å². The Morgan fingerprint density at radius 1 is 0.667 bits per heavy atom. The summed E-state index contributed by atoms with van der Waals surface area (Å²) in [7, 11) is -3.59. The van der Waals surface area contributed by atoms with Crippen LogP contribution in [0.3, 0.4) is 0 Å². The minimum Gasteiger partial charge on any atom is -0.494 e. The summed E-state index contributed by atoms with van der Waals surface area (Å²) in [6.45, 7) is 15.8. The fourth-order valence-electron chi connectivity index (χ4n) is 4.23. The molecule has 0 saturated carbocycles. The molecule has 182 valence electrons. The number of sulfone groups is 1. The first-order chi connectivity index (χ1) is 15.9. The summed E-state index contributed by atoms with van der Waals surface area (Å²) in [6, 6.07) is 10.7. The van der Waals surface area contributed by atoms with Crippen LogP contribution in [0.25, 0.3) is 11.1 Å². The van der Waals surface area contributed by atoms with Gasteiger partial charge in [0.1, 0.15) is 11.5 Å². The van der Waals surface area contributed by atoms with Crippen molar-refractivity contribution in [3.63, 3.8) is 0 Å². The van der Waals surface area contributed by atoms with E-state index in [-0.39, 0.29) is 0 Å². The minimum atomic E-state index is -3.59. The van der Waals surface area contributed by atoms with Crippen molar-refractivity contribution in [2.45, 2.75) is 50.3 Å². The van der Waals surface area contributed by atoms with E-state index in [1.165, 1.54) is 0 Å². The van der Waals surface area contributed by atoms with Gasteiger partial charge in [-0.15, -0.1) is 0 Å². The Labute approximate surface area is 199 Å². The number of hydrogen-bond donors (Lipinski definition) is 0. The lowest BCUT2D eigenvalue weighted by Crippen LogP contribution is -2.25. The van der Waals surface area contributed by atoms with Crippen LogP contribution in [0.1, 0.15) is 40.5 Å². The van der Waals surface area contributed by atoms with E-state index in [1.54, 1.807) is 12.1 Å². The molecule has 1 aliphatic heterocycles. The van der Waals surface area contributed by atoms with E-state index in [1.807, 2.05) is 24.3 Å². The molecule has 33 heavy (non-hydrogen) atoms. The Kier molecular flexibility index (Phi) is 9.18. The van der Waals surface area contributed by atoms with Crippen LogP contribution in [0.15, 0.2) is 46.2 Å². The van der Waals surface area contributed by atoms with Crippen LogP contribution in [0.4, 0.5) is 0 Å². The van der Waals surface area contributed by atoms with Gasteiger partial charge in [0.05, 0.1) is 23.0 Å². The van der Waals surface area contributed by atoms with Crippen LogP contribution in [0, 0.1) is 0 Å². The molecule has 0 saturated heterocycles. The average molecular weight is 475 g/mol. The van der Waals surface area contributed by atoms with E-state index in [9.17, 15) is 8.42 Å². The molecule has 0 aliphatic carbocycles. The molecule has 1 heterocycles. The summed E-state index contributed by atoms with van der Waals surface area (Å²) >= 11 is 0. The molecule has 0 fully saturated rings. The number of nitrogens with zero attached hydrogens (tertiary/aromatic N) is 2. The zero-order valence-corrected chi connectivity index (χ0v) is 21.3. The van der Waals surface area contributed by atoms with Gasteiger partial charge in [-0.2, -0.15) is 0 Å². The van der Waals surface area contributed by atoms with Gasteiger partial charge in [-0.05, 0) is 75.4 Å². The first-order valence-corrected chi connectivity index (χ1v) is 13.7. The molecule has 0 amide bonds. The Balaban J connectivity index is 1.64. The molecule has 2 aromatic rings. The normalized spacial score (nSPS) is 13.9. The fourth-order valence-corrected chi connectivity index (χ4v) is 5.94. The first-order valence-electron chi connectivity index (χ1n) is 12.2. The highest BCUT2D eigenvalue weighted by Gasteiger charge is 2.33. The maximum Gasteiger partial charge on any atom is 0.208 e. The molecule has 0 N–H and O–H groups in total. The van der Waals surface area contributed by atoms with Crippen LogP contribution >= 0.6 is 0 Å². The number of ether oxygens (including phenoxy) is 2. The average Bonchev–Trinajstić information content (AvgIpc) is 3.05. The van der Waals surface area contributed by atoms with Crippen LogP contribution in [0.5, 0.6) is 11.5 Å². The highest BCUT2D eigenvalue weighted by atomic mass is 32.2. The van der Waals surface area contributed by atoms with Gasteiger partial charge in [0.2, 0.25) is 9.84 Å². The third-order valence-corrected chi connectivity index (χ3v) is 8.17. The third-order valence-electron chi connectivity index (χ3n) is 6.34. The van der Waals surface area contributed by atoms with Gasteiger partial charge in [0.25, 0.3) is 0 Å². The highest BCUT2D eigenvalue weighted by molar-refractivity contribution is 7.92. The van der Waals surface area contributed by atoms with Crippen molar-refractivity contribution in [3.05, 3.63) is 36.4 Å². The molecule has 0 atom stereocenters. The fraction of sp³-hybridized carbons (Fsp3) is 0.538. The molecule has 0 spiro atoms. The summed E-state index contributed by atoms with van der Waals surface area (Å²) in [4.78, 5) is 5.32. The lowest BCUT2D eigenvalue weighted by atomic mass is 10.1. The SMILES string of the molecule is CCN(CC)CCCOc1ccc2c(c1)S(=O)(=O)c1cc(OCCCN(CC)CC)ccc1-2. The predicted molar refractivity (Wildman–Crippen MR) is 133 cm³/mol. The second-order valence-electron chi connectivity index (χ2n) is 8.28. The number of hydrogen-bond acceptors (Lipinski definition) is 6. The van der Waals surface area contributed by atoms with Gasteiger partial charge in [-0.25, -0.2) is 8.42 Å². The van der Waals surface area contributed by atoms with Gasteiger partial charge >= 0.3 is 0 Å². The molecular formula is C26H38N2O4S.